The van der Waals surface area contributed by atoms with Crippen molar-refractivity contribution in [3.8, 4) is 27.9 Å². The molecule has 10 heteroatoms. The Labute approximate surface area is 181 Å². The molecule has 3 heterocycles. The van der Waals surface area contributed by atoms with E-state index in [-0.39, 0.29) is 12.3 Å². The molecule has 1 aromatic carbocycles. The number of hydrogen-bond acceptors (Lipinski definition) is 8. The van der Waals surface area contributed by atoms with Crippen molar-refractivity contribution in [3.63, 3.8) is 0 Å². The van der Waals surface area contributed by atoms with Crippen molar-refractivity contribution < 1.29 is 13.9 Å². The van der Waals surface area contributed by atoms with Gasteiger partial charge >= 0.3 is 0 Å². The van der Waals surface area contributed by atoms with Crippen LogP contribution in [0, 0.1) is 0 Å². The molecule has 0 bridgehead atoms. The maximum atomic E-state index is 11.3. The molecular weight excluding hydrogens is 422 g/mol. The summed E-state index contributed by atoms with van der Waals surface area (Å²) in [5.41, 5.74) is 7.28. The van der Waals surface area contributed by atoms with Gasteiger partial charge in [-0.15, -0.1) is 21.5 Å². The van der Waals surface area contributed by atoms with Gasteiger partial charge in [-0.1, -0.05) is 23.9 Å². The summed E-state index contributed by atoms with van der Waals surface area (Å²) in [6.07, 6.45) is 1.76. The average molecular weight is 442 g/mol. The summed E-state index contributed by atoms with van der Waals surface area (Å²) in [5.74, 6) is 2.19. The molecule has 4 aromatic rings. The number of rotatable bonds is 9. The average Bonchev–Trinajstić information content (AvgIpc) is 3.51. The Morgan fingerprint density at radius 2 is 2.20 bits per heavy atom. The van der Waals surface area contributed by atoms with E-state index >= 15 is 0 Å². The Balaban J connectivity index is 1.51. The van der Waals surface area contributed by atoms with Gasteiger partial charge < -0.3 is 14.9 Å². The Morgan fingerprint density at radius 3 is 2.97 bits per heavy atom. The molecule has 0 fully saturated rings. The number of amides is 1. The number of thiazole rings is 1. The van der Waals surface area contributed by atoms with Crippen molar-refractivity contribution in [2.24, 2.45) is 5.73 Å². The molecule has 4 rings (SSSR count). The van der Waals surface area contributed by atoms with Gasteiger partial charge in [0.2, 0.25) is 5.91 Å². The molecule has 8 nitrogen and oxygen atoms in total. The molecule has 1 amide bonds. The second kappa shape index (κ2) is 9.14. The smallest absolute Gasteiger partial charge is 0.219 e. The highest BCUT2D eigenvalue weighted by atomic mass is 32.2. The maximum absolute atomic E-state index is 11.3. The molecule has 3 aromatic heterocycles. The minimum Gasteiger partial charge on any atom is -0.497 e. The number of primary amides is 1. The van der Waals surface area contributed by atoms with Gasteiger partial charge in [-0.2, -0.15) is 0 Å². The third-order valence-electron chi connectivity index (χ3n) is 4.26. The number of methoxy groups -OCH3 is 1. The van der Waals surface area contributed by atoms with Crippen LogP contribution in [0.15, 0.2) is 57.6 Å². The molecule has 0 aliphatic carbocycles. The monoisotopic (exact) mass is 441 g/mol. The van der Waals surface area contributed by atoms with Gasteiger partial charge in [-0.3, -0.25) is 9.36 Å². The second-order valence-electron chi connectivity index (χ2n) is 6.32. The first kappa shape index (κ1) is 20.2. The van der Waals surface area contributed by atoms with E-state index in [4.69, 9.17) is 19.9 Å². The summed E-state index contributed by atoms with van der Waals surface area (Å²) in [6, 6.07) is 11.4. The summed E-state index contributed by atoms with van der Waals surface area (Å²) in [7, 11) is 1.65. The van der Waals surface area contributed by atoms with Crippen molar-refractivity contribution in [2.45, 2.75) is 23.9 Å². The van der Waals surface area contributed by atoms with E-state index in [2.05, 4.69) is 10.2 Å². The van der Waals surface area contributed by atoms with Crippen LogP contribution in [0.1, 0.15) is 12.1 Å². The van der Waals surface area contributed by atoms with Crippen molar-refractivity contribution >= 4 is 29.0 Å². The van der Waals surface area contributed by atoms with Crippen molar-refractivity contribution in [2.75, 3.05) is 7.11 Å². The van der Waals surface area contributed by atoms with Crippen LogP contribution < -0.4 is 10.5 Å². The number of nitrogens with two attached hydrogens (primary N) is 1. The number of nitrogens with zero attached hydrogens (tertiary/aromatic N) is 4. The largest absolute Gasteiger partial charge is 0.497 e. The van der Waals surface area contributed by atoms with E-state index in [1.807, 2.05) is 34.2 Å². The van der Waals surface area contributed by atoms with E-state index in [0.29, 0.717) is 29.0 Å². The summed E-state index contributed by atoms with van der Waals surface area (Å²) >= 11 is 3.08. The highest BCUT2D eigenvalue weighted by Crippen LogP contribution is 2.30. The number of furan rings is 1. The van der Waals surface area contributed by atoms with Gasteiger partial charge in [0.05, 0.1) is 19.1 Å². The van der Waals surface area contributed by atoms with Gasteiger partial charge in [0.1, 0.15) is 10.8 Å². The molecule has 0 aliphatic rings. The highest BCUT2D eigenvalue weighted by molar-refractivity contribution is 7.98. The predicted octanol–water partition coefficient (Wildman–Crippen LogP) is 3.84. The van der Waals surface area contributed by atoms with Crippen molar-refractivity contribution in [3.05, 3.63) is 53.7 Å². The number of thioether (sulfide) groups is 1. The second-order valence-corrected chi connectivity index (χ2v) is 8.12. The van der Waals surface area contributed by atoms with Crippen molar-refractivity contribution in [1.82, 2.24) is 19.7 Å². The Hall–Kier alpha value is -3.11. The third kappa shape index (κ3) is 4.55. The van der Waals surface area contributed by atoms with Gasteiger partial charge in [0.15, 0.2) is 16.7 Å². The Bertz CT molecular complexity index is 1140. The fourth-order valence-corrected chi connectivity index (χ4v) is 4.59. The van der Waals surface area contributed by atoms with Crippen LogP contribution in [-0.4, -0.2) is 32.8 Å². The summed E-state index contributed by atoms with van der Waals surface area (Å²) < 4.78 is 12.6. The van der Waals surface area contributed by atoms with E-state index in [0.717, 1.165) is 22.0 Å². The lowest BCUT2D eigenvalue weighted by Gasteiger charge is -2.07. The van der Waals surface area contributed by atoms with Crippen LogP contribution >= 0.6 is 23.1 Å². The molecular formula is C20H19N5O3S2. The van der Waals surface area contributed by atoms with Crippen LogP contribution in [-0.2, 0) is 17.1 Å². The minimum atomic E-state index is -0.382. The summed E-state index contributed by atoms with van der Waals surface area (Å²) in [5, 5.41) is 12.1. The van der Waals surface area contributed by atoms with Gasteiger partial charge in [-0.25, -0.2) is 4.98 Å². The Morgan fingerprint density at radius 1 is 1.30 bits per heavy atom. The number of aromatic nitrogens is 4. The topological polar surface area (TPSA) is 109 Å². The fraction of sp³-hybridized carbons (Fsp3) is 0.200. The number of carbonyl (C=O) groups excluding carboxylic acids is 1. The fourth-order valence-electron chi connectivity index (χ4n) is 2.81. The zero-order chi connectivity index (χ0) is 20.9. The van der Waals surface area contributed by atoms with Crippen LogP contribution in [0.25, 0.3) is 22.2 Å². The highest BCUT2D eigenvalue weighted by Gasteiger charge is 2.17. The number of hydrogen-bond donors (Lipinski definition) is 1. The molecule has 2 N–H and O–H groups in total. The standard InChI is InChI=1S/C20H19N5O3S2/c1-27-15-5-2-4-13(10-15)19-22-14(11-29-19)12-30-20-24-23-18(16-6-3-9-28-16)25(20)8-7-17(21)26/h2-6,9-11H,7-8,12H2,1H3,(H2,21,26). The van der Waals surface area contributed by atoms with Gasteiger partial charge in [-0.05, 0) is 24.3 Å². The summed E-state index contributed by atoms with van der Waals surface area (Å²) in [6.45, 7) is 0.382. The molecule has 0 atom stereocenters. The lowest BCUT2D eigenvalue weighted by molar-refractivity contribution is -0.118. The molecule has 154 valence electrons. The third-order valence-corrected chi connectivity index (χ3v) is 6.20. The summed E-state index contributed by atoms with van der Waals surface area (Å²) in [4.78, 5) is 16.0. The zero-order valence-corrected chi connectivity index (χ0v) is 17.8. The molecule has 30 heavy (non-hydrogen) atoms. The van der Waals surface area contributed by atoms with E-state index in [1.54, 1.807) is 36.8 Å². The molecule has 0 aliphatic heterocycles. The van der Waals surface area contributed by atoms with Crippen LogP contribution in [0.3, 0.4) is 0 Å². The van der Waals surface area contributed by atoms with E-state index in [9.17, 15) is 4.79 Å². The molecule has 0 saturated heterocycles. The number of ether oxygens (including phenoxy) is 1. The van der Waals surface area contributed by atoms with Gasteiger partial charge in [0, 0.05) is 29.7 Å². The SMILES string of the molecule is COc1cccc(-c2nc(CSc3nnc(-c4ccco4)n3CCC(N)=O)cs2)c1. The molecule has 0 spiro atoms. The van der Waals surface area contributed by atoms with Crippen molar-refractivity contribution in [1.29, 1.82) is 0 Å². The molecule has 0 saturated carbocycles. The molecule has 0 unspecified atom stereocenters. The lowest BCUT2D eigenvalue weighted by atomic mass is 10.2. The zero-order valence-electron chi connectivity index (χ0n) is 16.1. The quantitative estimate of drug-likeness (QED) is 0.393. The maximum Gasteiger partial charge on any atom is 0.219 e. The van der Waals surface area contributed by atoms with Crippen LogP contribution in [0.4, 0.5) is 0 Å². The predicted molar refractivity (Wildman–Crippen MR) is 115 cm³/mol. The lowest BCUT2D eigenvalue weighted by Crippen LogP contribution is -2.15. The van der Waals surface area contributed by atoms with Crippen LogP contribution in [0.2, 0.25) is 0 Å². The number of benzene rings is 1. The first-order chi connectivity index (χ1) is 14.6. The van der Waals surface area contributed by atoms with E-state index in [1.165, 1.54) is 11.8 Å². The minimum absolute atomic E-state index is 0.190. The van der Waals surface area contributed by atoms with Gasteiger partial charge in [0.25, 0.3) is 0 Å². The first-order valence-electron chi connectivity index (χ1n) is 9.11. The van der Waals surface area contributed by atoms with E-state index < -0.39 is 0 Å². The number of carbonyl (C=O) groups is 1. The normalized spacial score (nSPS) is 11.0. The van der Waals surface area contributed by atoms with Crippen LogP contribution in [0.5, 0.6) is 5.75 Å². The Kier molecular flexibility index (Phi) is 6.15. The molecule has 0 radical (unpaired) electrons. The first-order valence-corrected chi connectivity index (χ1v) is 11.0.